The predicted molar refractivity (Wildman–Crippen MR) is 151 cm³/mol. The number of imidazole rings is 1. The Hall–Kier alpha value is -4.58. The third kappa shape index (κ3) is 5.82. The highest BCUT2D eigenvalue weighted by atomic mass is 32.2. The Kier molecular flexibility index (Phi) is 7.84. The Morgan fingerprint density at radius 2 is 1.59 bits per heavy atom. The number of benzene rings is 3. The van der Waals surface area contributed by atoms with E-state index in [9.17, 15) is 26.8 Å². The number of halogens is 2. The van der Waals surface area contributed by atoms with Gasteiger partial charge in [0.05, 0.1) is 6.54 Å². The average Bonchev–Trinajstić information content (AvgIpc) is 3.37. The zero-order valence-electron chi connectivity index (χ0n) is 22.1. The molecule has 212 valence electrons. The van der Waals surface area contributed by atoms with Crippen LogP contribution in [0.1, 0.15) is 36.7 Å². The van der Waals surface area contributed by atoms with E-state index in [1.807, 2.05) is 6.92 Å². The fraction of sp³-hybridized carbons (Fsp3) is 0.207. The number of aryl methyl sites for hydroxylation is 1. The first-order chi connectivity index (χ1) is 19.7. The topological polar surface area (TPSA) is 119 Å². The van der Waals surface area contributed by atoms with Crippen LogP contribution in [0.15, 0.2) is 87.3 Å². The van der Waals surface area contributed by atoms with E-state index >= 15 is 0 Å². The maximum atomic E-state index is 14.3. The Labute approximate surface area is 234 Å². The van der Waals surface area contributed by atoms with E-state index in [2.05, 4.69) is 14.7 Å². The number of rotatable bonds is 10. The number of unbranched alkanes of at least 4 members (excludes halogenated alkanes) is 1. The van der Waals surface area contributed by atoms with Gasteiger partial charge >= 0.3 is 5.69 Å². The van der Waals surface area contributed by atoms with Gasteiger partial charge in [0.25, 0.3) is 15.6 Å². The second-order valence-corrected chi connectivity index (χ2v) is 11.2. The predicted octanol–water partition coefficient (Wildman–Crippen LogP) is 4.40. The van der Waals surface area contributed by atoms with Crippen molar-refractivity contribution in [1.82, 2.24) is 19.1 Å². The highest BCUT2D eigenvalue weighted by molar-refractivity contribution is 7.92. The summed E-state index contributed by atoms with van der Waals surface area (Å²) in [5.41, 5.74) is 0.404. The van der Waals surface area contributed by atoms with Gasteiger partial charge in [-0.15, -0.1) is 0 Å². The van der Waals surface area contributed by atoms with Crippen LogP contribution in [0.5, 0.6) is 0 Å². The van der Waals surface area contributed by atoms with E-state index in [1.54, 1.807) is 18.2 Å². The zero-order valence-corrected chi connectivity index (χ0v) is 22.9. The van der Waals surface area contributed by atoms with Gasteiger partial charge in [-0.25, -0.2) is 27.0 Å². The van der Waals surface area contributed by atoms with Crippen LogP contribution in [0.25, 0.3) is 11.2 Å². The molecule has 0 amide bonds. The Bertz CT molecular complexity index is 1950. The molecular weight excluding hydrogens is 552 g/mol. The van der Waals surface area contributed by atoms with Gasteiger partial charge in [0.1, 0.15) is 27.9 Å². The number of H-pyrrole nitrogens is 1. The first-order valence-electron chi connectivity index (χ1n) is 13.0. The first-order valence-corrected chi connectivity index (χ1v) is 14.5. The molecule has 5 rings (SSSR count). The van der Waals surface area contributed by atoms with Crippen molar-refractivity contribution < 1.29 is 17.2 Å². The summed E-state index contributed by atoms with van der Waals surface area (Å²) in [5.74, 6) is -0.944. The summed E-state index contributed by atoms with van der Waals surface area (Å²) in [5, 5.41) is 0. The van der Waals surface area contributed by atoms with Gasteiger partial charge in [0.2, 0.25) is 0 Å². The molecule has 2 N–H and O–H groups in total. The molecule has 0 aliphatic rings. The molecular formula is C29H27F2N5O4S. The number of fused-ring (bicyclic) bond motifs is 1. The number of nitrogens with one attached hydrogen (secondary N) is 2. The summed E-state index contributed by atoms with van der Waals surface area (Å²) in [4.78, 5) is 33.8. The van der Waals surface area contributed by atoms with Crippen LogP contribution in [0.3, 0.4) is 0 Å². The fourth-order valence-electron chi connectivity index (χ4n) is 4.51. The highest BCUT2D eigenvalue weighted by Gasteiger charge is 2.20. The van der Waals surface area contributed by atoms with Crippen molar-refractivity contribution in [2.45, 2.75) is 44.2 Å². The number of anilines is 1. The molecule has 12 heteroatoms. The quantitative estimate of drug-likeness (QED) is 0.254. The summed E-state index contributed by atoms with van der Waals surface area (Å²) >= 11 is 0. The second-order valence-electron chi connectivity index (χ2n) is 9.56. The molecule has 0 atom stereocenters. The van der Waals surface area contributed by atoms with Gasteiger partial charge in [-0.05, 0) is 42.3 Å². The van der Waals surface area contributed by atoms with E-state index in [0.29, 0.717) is 18.8 Å². The number of aromatic nitrogens is 4. The third-order valence-corrected chi connectivity index (χ3v) is 8.05. The molecule has 0 unspecified atom stereocenters. The van der Waals surface area contributed by atoms with E-state index in [4.69, 9.17) is 0 Å². The van der Waals surface area contributed by atoms with Crippen molar-refractivity contribution >= 4 is 26.9 Å². The van der Waals surface area contributed by atoms with Crippen LogP contribution >= 0.6 is 0 Å². The fourth-order valence-corrected chi connectivity index (χ4v) is 5.65. The maximum absolute atomic E-state index is 14.3. The van der Waals surface area contributed by atoms with Crippen LogP contribution in [0.2, 0.25) is 0 Å². The van der Waals surface area contributed by atoms with Crippen molar-refractivity contribution in [3.05, 3.63) is 122 Å². The van der Waals surface area contributed by atoms with E-state index in [1.165, 1.54) is 53.1 Å². The number of sulfonamides is 1. The molecule has 0 radical (unpaired) electrons. The molecule has 0 spiro atoms. The largest absolute Gasteiger partial charge is 0.336 e. The van der Waals surface area contributed by atoms with Gasteiger partial charge in [0.15, 0.2) is 5.65 Å². The SMILES string of the molecule is CCCCn1c(=O)n(Cc2ccccc2F)c(=O)c2[nH]c(Cc3ccc(NS(=O)(=O)c4ccccc4F)cc3)nc21. The third-order valence-electron chi connectivity index (χ3n) is 6.64. The monoisotopic (exact) mass is 579 g/mol. The molecule has 0 saturated heterocycles. The molecule has 2 heterocycles. The van der Waals surface area contributed by atoms with E-state index in [-0.39, 0.29) is 35.4 Å². The van der Waals surface area contributed by atoms with Crippen molar-refractivity contribution in [2.24, 2.45) is 0 Å². The Balaban J connectivity index is 1.44. The first kappa shape index (κ1) is 28.0. The lowest BCUT2D eigenvalue weighted by molar-refractivity contribution is 0.553. The minimum absolute atomic E-state index is 0.140. The van der Waals surface area contributed by atoms with Crippen molar-refractivity contribution in [2.75, 3.05) is 4.72 Å². The Morgan fingerprint density at radius 3 is 2.27 bits per heavy atom. The van der Waals surface area contributed by atoms with Gasteiger partial charge in [-0.1, -0.05) is 55.8 Å². The van der Waals surface area contributed by atoms with Gasteiger partial charge in [-0.3, -0.25) is 18.7 Å². The summed E-state index contributed by atoms with van der Waals surface area (Å²) in [6, 6.07) is 17.5. The van der Waals surface area contributed by atoms with Crippen LogP contribution in [-0.2, 0) is 29.5 Å². The molecule has 2 aromatic heterocycles. The molecule has 3 aromatic carbocycles. The Morgan fingerprint density at radius 1 is 0.902 bits per heavy atom. The lowest BCUT2D eigenvalue weighted by Crippen LogP contribution is -2.40. The molecule has 0 aliphatic heterocycles. The molecule has 41 heavy (non-hydrogen) atoms. The molecule has 0 fully saturated rings. The van der Waals surface area contributed by atoms with Gasteiger partial charge < -0.3 is 4.98 Å². The van der Waals surface area contributed by atoms with Crippen molar-refractivity contribution in [3.8, 4) is 0 Å². The normalized spacial score (nSPS) is 11.7. The minimum Gasteiger partial charge on any atom is -0.336 e. The summed E-state index contributed by atoms with van der Waals surface area (Å²) in [6.07, 6.45) is 1.74. The molecule has 9 nitrogen and oxygen atoms in total. The second kappa shape index (κ2) is 11.5. The number of aromatic amines is 1. The van der Waals surface area contributed by atoms with Crippen molar-refractivity contribution in [3.63, 3.8) is 0 Å². The standard InChI is InChI=1S/C29H27F2N5O4S/c1-2-3-16-35-27-26(28(37)36(29(35)38)18-20-8-4-5-9-22(20)30)32-25(33-27)17-19-12-14-21(15-13-19)34-41(39,40)24-11-7-6-10-23(24)31/h4-15,34H,2-3,16-18H2,1H3,(H,32,33). The zero-order chi connectivity index (χ0) is 29.1. The molecule has 5 aromatic rings. The van der Waals surface area contributed by atoms with Crippen LogP contribution in [-0.4, -0.2) is 27.5 Å². The number of nitrogens with zero attached hydrogens (tertiary/aromatic N) is 3. The number of hydrogen-bond donors (Lipinski definition) is 2. The van der Waals surface area contributed by atoms with E-state index < -0.39 is 37.8 Å². The molecule has 0 saturated carbocycles. The molecule has 0 bridgehead atoms. The summed E-state index contributed by atoms with van der Waals surface area (Å²) in [7, 11) is -4.12. The lowest BCUT2D eigenvalue weighted by Gasteiger charge is -2.11. The van der Waals surface area contributed by atoms with Crippen molar-refractivity contribution in [1.29, 1.82) is 0 Å². The van der Waals surface area contributed by atoms with E-state index in [0.717, 1.165) is 22.6 Å². The maximum Gasteiger partial charge on any atom is 0.333 e. The minimum atomic E-state index is -4.12. The number of hydrogen-bond acceptors (Lipinski definition) is 5. The average molecular weight is 580 g/mol. The highest BCUT2D eigenvalue weighted by Crippen LogP contribution is 2.20. The molecule has 0 aliphatic carbocycles. The van der Waals surface area contributed by atoms with Crippen LogP contribution < -0.4 is 16.0 Å². The van der Waals surface area contributed by atoms with Gasteiger partial charge in [-0.2, -0.15) is 0 Å². The summed E-state index contributed by atoms with van der Waals surface area (Å²) < 4.78 is 58.3. The lowest BCUT2D eigenvalue weighted by atomic mass is 10.1. The van der Waals surface area contributed by atoms with Crippen LogP contribution in [0, 0.1) is 11.6 Å². The van der Waals surface area contributed by atoms with Gasteiger partial charge in [0, 0.05) is 24.2 Å². The summed E-state index contributed by atoms with van der Waals surface area (Å²) in [6.45, 7) is 2.10. The smallest absolute Gasteiger partial charge is 0.333 e. The van der Waals surface area contributed by atoms with Crippen LogP contribution in [0.4, 0.5) is 14.5 Å².